The molecule has 0 aromatic rings. The zero-order valence-electron chi connectivity index (χ0n) is 7.39. The van der Waals surface area contributed by atoms with Crippen molar-refractivity contribution < 1.29 is 4.79 Å². The lowest BCUT2D eigenvalue weighted by Crippen LogP contribution is -2.39. The molecule has 2 heteroatoms. The minimum absolute atomic E-state index is 0.0597. The minimum Gasteiger partial charge on any atom is -0.327 e. The molecule has 1 aliphatic rings. The number of carbonyl (C=O) groups is 1. The molecule has 0 bridgehead atoms. The van der Waals surface area contributed by atoms with Gasteiger partial charge in [-0.3, -0.25) is 4.79 Å². The van der Waals surface area contributed by atoms with Gasteiger partial charge in [0.2, 0.25) is 0 Å². The molecule has 1 aliphatic carbocycles. The van der Waals surface area contributed by atoms with Crippen molar-refractivity contribution in [2.45, 2.75) is 45.6 Å². The van der Waals surface area contributed by atoms with E-state index in [2.05, 4.69) is 13.8 Å². The largest absolute Gasteiger partial charge is 0.327 e. The van der Waals surface area contributed by atoms with Crippen molar-refractivity contribution in [1.29, 1.82) is 0 Å². The molecule has 0 aromatic heterocycles. The summed E-state index contributed by atoms with van der Waals surface area (Å²) in [5.74, 6) is 0.360. The van der Waals surface area contributed by atoms with Gasteiger partial charge in [0, 0.05) is 17.9 Å². The molecule has 0 spiro atoms. The quantitative estimate of drug-likeness (QED) is 0.623. The van der Waals surface area contributed by atoms with Crippen LogP contribution in [0.4, 0.5) is 0 Å². The predicted octanol–water partition coefficient (Wildman–Crippen LogP) is 1.48. The van der Waals surface area contributed by atoms with E-state index < -0.39 is 0 Å². The summed E-state index contributed by atoms with van der Waals surface area (Å²) in [4.78, 5) is 11.5. The van der Waals surface area contributed by atoms with E-state index in [0.717, 1.165) is 19.3 Å². The van der Waals surface area contributed by atoms with E-state index in [1.165, 1.54) is 0 Å². The Bertz CT molecular complexity index is 167. The Labute approximate surface area is 68.2 Å². The summed E-state index contributed by atoms with van der Waals surface area (Å²) in [6.45, 7) is 4.13. The molecule has 2 atom stereocenters. The summed E-state index contributed by atoms with van der Waals surface area (Å²) in [5.41, 5.74) is 5.62. The number of hydrogen-bond donors (Lipinski definition) is 1. The van der Waals surface area contributed by atoms with E-state index in [4.69, 9.17) is 5.73 Å². The molecule has 1 rings (SSSR count). The van der Waals surface area contributed by atoms with E-state index in [-0.39, 0.29) is 11.5 Å². The highest BCUT2D eigenvalue weighted by Gasteiger charge is 2.35. The fourth-order valence-electron chi connectivity index (χ4n) is 1.60. The Kier molecular flexibility index (Phi) is 2.33. The summed E-state index contributed by atoms with van der Waals surface area (Å²) >= 11 is 0. The molecule has 0 aliphatic heterocycles. The number of carbonyl (C=O) groups excluding carboxylic acids is 1. The Morgan fingerprint density at radius 1 is 1.73 bits per heavy atom. The number of rotatable bonds is 1. The molecular formula is C9H17NO. The molecular weight excluding hydrogens is 138 g/mol. The maximum atomic E-state index is 11.5. The molecule has 0 radical (unpaired) electrons. The third kappa shape index (κ3) is 1.62. The van der Waals surface area contributed by atoms with Crippen LogP contribution in [-0.4, -0.2) is 11.8 Å². The maximum absolute atomic E-state index is 11.5. The molecule has 0 aromatic carbocycles. The summed E-state index contributed by atoms with van der Waals surface area (Å²) in [5, 5.41) is 0. The molecule has 2 N–H and O–H groups in total. The van der Waals surface area contributed by atoms with Crippen LogP contribution in [0.1, 0.15) is 39.5 Å². The molecule has 2 unspecified atom stereocenters. The molecule has 1 saturated carbocycles. The molecule has 11 heavy (non-hydrogen) atoms. The van der Waals surface area contributed by atoms with E-state index in [9.17, 15) is 4.79 Å². The highest BCUT2D eigenvalue weighted by molar-refractivity contribution is 5.85. The first kappa shape index (κ1) is 8.72. The van der Waals surface area contributed by atoms with Gasteiger partial charge in [0.15, 0.2) is 0 Å². The van der Waals surface area contributed by atoms with Crippen molar-refractivity contribution in [2.75, 3.05) is 0 Å². The average Bonchev–Trinajstić information content (AvgIpc) is 1.98. The highest BCUT2D eigenvalue weighted by Crippen LogP contribution is 2.34. The molecule has 0 saturated heterocycles. The molecule has 64 valence electrons. The Morgan fingerprint density at radius 2 is 2.36 bits per heavy atom. The highest BCUT2D eigenvalue weighted by atomic mass is 16.1. The van der Waals surface area contributed by atoms with Crippen molar-refractivity contribution in [1.82, 2.24) is 0 Å². The lowest BCUT2D eigenvalue weighted by Gasteiger charge is -2.33. The SMILES string of the molecule is CCC1(C)CCC(N)CC1=O. The summed E-state index contributed by atoms with van der Waals surface area (Å²) in [6, 6.07) is 0.127. The van der Waals surface area contributed by atoms with Crippen LogP contribution in [0.5, 0.6) is 0 Å². The van der Waals surface area contributed by atoms with Gasteiger partial charge in [-0.05, 0) is 19.3 Å². The maximum Gasteiger partial charge on any atom is 0.140 e. The van der Waals surface area contributed by atoms with E-state index in [0.29, 0.717) is 12.2 Å². The Balaban J connectivity index is 2.64. The van der Waals surface area contributed by atoms with Crippen LogP contribution in [0.2, 0.25) is 0 Å². The van der Waals surface area contributed by atoms with Crippen LogP contribution in [0.15, 0.2) is 0 Å². The van der Waals surface area contributed by atoms with Crippen molar-refractivity contribution in [3.05, 3.63) is 0 Å². The smallest absolute Gasteiger partial charge is 0.140 e. The first-order chi connectivity index (χ1) is 5.08. The fraction of sp³-hybridized carbons (Fsp3) is 0.889. The van der Waals surface area contributed by atoms with Crippen LogP contribution >= 0.6 is 0 Å². The van der Waals surface area contributed by atoms with E-state index in [1.807, 2.05) is 0 Å². The third-order valence-corrected chi connectivity index (χ3v) is 2.97. The molecule has 1 fully saturated rings. The lowest BCUT2D eigenvalue weighted by molar-refractivity contribution is -0.130. The van der Waals surface area contributed by atoms with Crippen LogP contribution < -0.4 is 5.73 Å². The van der Waals surface area contributed by atoms with Gasteiger partial charge in [-0.15, -0.1) is 0 Å². The predicted molar refractivity (Wildman–Crippen MR) is 45.2 cm³/mol. The zero-order valence-corrected chi connectivity index (χ0v) is 7.39. The number of hydrogen-bond acceptors (Lipinski definition) is 2. The molecule has 2 nitrogen and oxygen atoms in total. The fourth-order valence-corrected chi connectivity index (χ4v) is 1.60. The normalized spacial score (nSPS) is 39.2. The number of Topliss-reactive ketones (excluding diaryl/α,β-unsaturated/α-hetero) is 1. The molecule has 0 amide bonds. The lowest BCUT2D eigenvalue weighted by atomic mass is 9.71. The standard InChI is InChI=1S/C9H17NO/c1-3-9(2)5-4-7(10)6-8(9)11/h7H,3-6,10H2,1-2H3. The van der Waals surface area contributed by atoms with Crippen molar-refractivity contribution in [3.63, 3.8) is 0 Å². The number of nitrogens with two attached hydrogens (primary N) is 1. The van der Waals surface area contributed by atoms with E-state index >= 15 is 0 Å². The van der Waals surface area contributed by atoms with Gasteiger partial charge < -0.3 is 5.73 Å². The van der Waals surface area contributed by atoms with Crippen LogP contribution in [-0.2, 0) is 4.79 Å². The topological polar surface area (TPSA) is 43.1 Å². The van der Waals surface area contributed by atoms with Gasteiger partial charge in [-0.1, -0.05) is 13.8 Å². The van der Waals surface area contributed by atoms with Gasteiger partial charge in [0.05, 0.1) is 0 Å². The van der Waals surface area contributed by atoms with E-state index in [1.54, 1.807) is 0 Å². The number of ketones is 1. The van der Waals surface area contributed by atoms with Gasteiger partial charge in [-0.2, -0.15) is 0 Å². The second-order valence-corrected chi connectivity index (χ2v) is 3.84. The summed E-state index contributed by atoms with van der Waals surface area (Å²) in [6.07, 6.45) is 3.53. The van der Waals surface area contributed by atoms with Crippen molar-refractivity contribution in [2.24, 2.45) is 11.1 Å². The van der Waals surface area contributed by atoms with Crippen LogP contribution in [0.25, 0.3) is 0 Å². The van der Waals surface area contributed by atoms with Gasteiger partial charge in [0.1, 0.15) is 5.78 Å². The average molecular weight is 155 g/mol. The monoisotopic (exact) mass is 155 g/mol. The Morgan fingerprint density at radius 3 is 2.82 bits per heavy atom. The van der Waals surface area contributed by atoms with Crippen LogP contribution in [0, 0.1) is 5.41 Å². The summed E-state index contributed by atoms with van der Waals surface area (Å²) < 4.78 is 0. The third-order valence-electron chi connectivity index (χ3n) is 2.97. The van der Waals surface area contributed by atoms with Crippen molar-refractivity contribution in [3.8, 4) is 0 Å². The first-order valence-corrected chi connectivity index (χ1v) is 4.37. The second kappa shape index (κ2) is 2.94. The molecule has 0 heterocycles. The first-order valence-electron chi connectivity index (χ1n) is 4.37. The summed E-state index contributed by atoms with van der Waals surface area (Å²) in [7, 11) is 0. The van der Waals surface area contributed by atoms with Gasteiger partial charge in [-0.25, -0.2) is 0 Å². The van der Waals surface area contributed by atoms with Gasteiger partial charge in [0.25, 0.3) is 0 Å². The van der Waals surface area contributed by atoms with Crippen molar-refractivity contribution >= 4 is 5.78 Å². The Hall–Kier alpha value is -0.370. The van der Waals surface area contributed by atoms with Crippen LogP contribution in [0.3, 0.4) is 0 Å². The second-order valence-electron chi connectivity index (χ2n) is 3.84. The minimum atomic E-state index is -0.0597. The van der Waals surface area contributed by atoms with Gasteiger partial charge >= 0.3 is 0 Å². The zero-order chi connectivity index (χ0) is 8.48.